The fourth-order valence-electron chi connectivity index (χ4n) is 3.86. The van der Waals surface area contributed by atoms with Crippen LogP contribution in [0, 0.1) is 11.8 Å². The van der Waals surface area contributed by atoms with Crippen molar-refractivity contribution in [3.8, 4) is 11.8 Å². The minimum absolute atomic E-state index is 0.0255. The lowest BCUT2D eigenvalue weighted by Crippen LogP contribution is -2.66. The number of pyridine rings is 1. The van der Waals surface area contributed by atoms with Crippen LogP contribution in [0.1, 0.15) is 36.6 Å². The van der Waals surface area contributed by atoms with Crippen molar-refractivity contribution in [1.29, 1.82) is 0 Å². The number of hydrogen-bond donors (Lipinski definition) is 3. The number of amides is 1. The van der Waals surface area contributed by atoms with Crippen LogP contribution in [0.15, 0.2) is 48.7 Å². The number of aliphatic hydroxyl groups excluding tert-OH is 2. The fraction of sp³-hybridized carbons (Fsp3) is 0.391. The van der Waals surface area contributed by atoms with E-state index in [2.05, 4.69) is 27.0 Å². The highest BCUT2D eigenvalue weighted by Crippen LogP contribution is 2.41. The molecule has 1 saturated heterocycles. The van der Waals surface area contributed by atoms with Crippen LogP contribution in [0.2, 0.25) is 0 Å². The van der Waals surface area contributed by atoms with E-state index in [0.29, 0.717) is 13.1 Å². The average Bonchev–Trinajstić information content (AvgIpc) is 2.70. The summed E-state index contributed by atoms with van der Waals surface area (Å²) in [6.45, 7) is 4.29. The van der Waals surface area contributed by atoms with Gasteiger partial charge in [-0.1, -0.05) is 30.0 Å². The van der Waals surface area contributed by atoms with Gasteiger partial charge in [0.25, 0.3) is 0 Å². The number of hydrogen-bond acceptors (Lipinski definition) is 5. The molecule has 1 fully saturated rings. The highest BCUT2D eigenvalue weighted by molar-refractivity contribution is 5.72. The number of likely N-dealkylation sites (tertiary alicyclic amines) is 1. The van der Waals surface area contributed by atoms with Crippen LogP contribution in [0.4, 0.5) is 0 Å². The standard InChI is InChI=1S/C23H27N3O3/c1-16(28)6-7-18-8-10-19(11-9-18)23-21(13-25-17(2)29)26(22(23)15-27)14-20-5-3-4-12-24-20/h3-5,8-12,16,21-23,27-28H,13-15H2,1-2H3,(H,25,29)/t16-,21+,22-,23-/m1/s1. The maximum absolute atomic E-state index is 11.5. The third-order valence-electron chi connectivity index (χ3n) is 5.22. The van der Waals surface area contributed by atoms with Crippen molar-refractivity contribution in [1.82, 2.24) is 15.2 Å². The quantitative estimate of drug-likeness (QED) is 0.644. The molecule has 3 rings (SSSR count). The first-order valence-electron chi connectivity index (χ1n) is 9.80. The first-order valence-corrected chi connectivity index (χ1v) is 9.80. The molecule has 29 heavy (non-hydrogen) atoms. The van der Waals surface area contributed by atoms with Gasteiger partial charge >= 0.3 is 0 Å². The molecule has 2 heterocycles. The molecule has 0 spiro atoms. The molecule has 0 saturated carbocycles. The van der Waals surface area contributed by atoms with Gasteiger partial charge in [-0.2, -0.15) is 0 Å². The lowest BCUT2D eigenvalue weighted by molar-refractivity contribution is -0.120. The third kappa shape index (κ3) is 5.21. The van der Waals surface area contributed by atoms with Crippen LogP contribution < -0.4 is 5.32 Å². The van der Waals surface area contributed by atoms with E-state index in [-0.39, 0.29) is 30.5 Å². The monoisotopic (exact) mass is 393 g/mol. The van der Waals surface area contributed by atoms with E-state index in [1.165, 1.54) is 6.92 Å². The second-order valence-corrected chi connectivity index (χ2v) is 7.34. The van der Waals surface area contributed by atoms with Crippen LogP contribution in [0.3, 0.4) is 0 Å². The van der Waals surface area contributed by atoms with Gasteiger partial charge in [-0.25, -0.2) is 0 Å². The highest BCUT2D eigenvalue weighted by atomic mass is 16.3. The molecule has 0 bridgehead atoms. The molecule has 4 atom stereocenters. The third-order valence-corrected chi connectivity index (χ3v) is 5.22. The van der Waals surface area contributed by atoms with Gasteiger partial charge in [0.1, 0.15) is 6.10 Å². The summed E-state index contributed by atoms with van der Waals surface area (Å²) in [5, 5.41) is 22.3. The molecule has 152 valence electrons. The van der Waals surface area contributed by atoms with E-state index in [1.807, 2.05) is 42.5 Å². The Bertz CT molecular complexity index is 872. The van der Waals surface area contributed by atoms with Gasteiger partial charge in [0.15, 0.2) is 0 Å². The lowest BCUT2D eigenvalue weighted by atomic mass is 9.74. The maximum Gasteiger partial charge on any atom is 0.216 e. The Morgan fingerprint density at radius 2 is 2.00 bits per heavy atom. The zero-order valence-corrected chi connectivity index (χ0v) is 16.7. The minimum Gasteiger partial charge on any atom is -0.395 e. The summed E-state index contributed by atoms with van der Waals surface area (Å²) in [6.07, 6.45) is 1.10. The minimum atomic E-state index is -0.665. The maximum atomic E-state index is 11.5. The molecule has 6 heteroatoms. The molecular weight excluding hydrogens is 366 g/mol. The predicted octanol–water partition coefficient (Wildman–Crippen LogP) is 1.28. The van der Waals surface area contributed by atoms with Crippen molar-refractivity contribution >= 4 is 5.91 Å². The second kappa shape index (κ2) is 9.66. The summed E-state index contributed by atoms with van der Waals surface area (Å²) < 4.78 is 0. The first-order chi connectivity index (χ1) is 14.0. The van der Waals surface area contributed by atoms with E-state index < -0.39 is 6.10 Å². The molecule has 0 unspecified atom stereocenters. The van der Waals surface area contributed by atoms with Crippen LogP contribution >= 0.6 is 0 Å². The summed E-state index contributed by atoms with van der Waals surface area (Å²) in [4.78, 5) is 18.1. The molecule has 1 aliphatic rings. The Hall–Kier alpha value is -2.72. The summed E-state index contributed by atoms with van der Waals surface area (Å²) in [5.74, 6) is 5.70. The van der Waals surface area contributed by atoms with E-state index in [9.17, 15) is 15.0 Å². The van der Waals surface area contributed by atoms with E-state index >= 15 is 0 Å². The summed E-state index contributed by atoms with van der Waals surface area (Å²) >= 11 is 0. The number of carbonyl (C=O) groups is 1. The SMILES string of the molecule is CC(=O)NC[C@H]1[C@@H](c2ccc(C#C[C@@H](C)O)cc2)[C@@H](CO)N1Cc1ccccn1. The number of carbonyl (C=O) groups excluding carboxylic acids is 1. The molecule has 2 aromatic rings. The van der Waals surface area contributed by atoms with Crippen molar-refractivity contribution in [3.05, 3.63) is 65.5 Å². The lowest BCUT2D eigenvalue weighted by Gasteiger charge is -2.55. The van der Waals surface area contributed by atoms with Gasteiger partial charge in [0, 0.05) is 49.8 Å². The number of rotatable bonds is 6. The zero-order chi connectivity index (χ0) is 20.8. The predicted molar refractivity (Wildman–Crippen MR) is 111 cm³/mol. The van der Waals surface area contributed by atoms with Crippen molar-refractivity contribution in [2.45, 2.75) is 44.5 Å². The second-order valence-electron chi connectivity index (χ2n) is 7.34. The molecule has 1 aromatic heterocycles. The zero-order valence-electron chi connectivity index (χ0n) is 16.7. The molecule has 0 radical (unpaired) electrons. The molecular formula is C23H27N3O3. The van der Waals surface area contributed by atoms with Gasteiger partial charge < -0.3 is 15.5 Å². The number of aromatic nitrogens is 1. The first kappa shape index (κ1) is 21.0. The van der Waals surface area contributed by atoms with E-state index in [4.69, 9.17) is 0 Å². The average molecular weight is 393 g/mol. The van der Waals surface area contributed by atoms with Crippen molar-refractivity contribution in [2.24, 2.45) is 0 Å². The molecule has 6 nitrogen and oxygen atoms in total. The van der Waals surface area contributed by atoms with Gasteiger partial charge in [0.2, 0.25) is 5.91 Å². The van der Waals surface area contributed by atoms with Crippen molar-refractivity contribution in [2.75, 3.05) is 13.2 Å². The van der Waals surface area contributed by atoms with Gasteiger partial charge in [-0.3, -0.25) is 14.7 Å². The number of benzene rings is 1. The van der Waals surface area contributed by atoms with Gasteiger partial charge in [-0.05, 0) is 36.8 Å². The Morgan fingerprint density at radius 1 is 1.24 bits per heavy atom. The smallest absolute Gasteiger partial charge is 0.216 e. The Balaban J connectivity index is 1.81. The van der Waals surface area contributed by atoms with Gasteiger partial charge in [0.05, 0.1) is 12.3 Å². The Labute approximate surface area is 171 Å². The fourth-order valence-corrected chi connectivity index (χ4v) is 3.86. The number of nitrogens with zero attached hydrogens (tertiary/aromatic N) is 2. The van der Waals surface area contributed by atoms with E-state index in [1.54, 1.807) is 13.1 Å². The van der Waals surface area contributed by atoms with Crippen LogP contribution in [0.5, 0.6) is 0 Å². The molecule has 0 aliphatic carbocycles. The molecule has 1 aromatic carbocycles. The van der Waals surface area contributed by atoms with Crippen molar-refractivity contribution in [3.63, 3.8) is 0 Å². The van der Waals surface area contributed by atoms with Crippen LogP contribution in [-0.4, -0.2) is 57.3 Å². The summed E-state index contributed by atoms with van der Waals surface area (Å²) in [6, 6.07) is 13.7. The summed E-state index contributed by atoms with van der Waals surface area (Å²) in [5.41, 5.74) is 2.86. The van der Waals surface area contributed by atoms with Crippen LogP contribution in [-0.2, 0) is 11.3 Å². The number of aliphatic hydroxyl groups is 2. The highest BCUT2D eigenvalue weighted by Gasteiger charge is 2.48. The molecule has 3 N–H and O–H groups in total. The van der Waals surface area contributed by atoms with E-state index in [0.717, 1.165) is 16.8 Å². The molecule has 1 amide bonds. The van der Waals surface area contributed by atoms with Gasteiger partial charge in [-0.15, -0.1) is 0 Å². The Kier molecular flexibility index (Phi) is 6.99. The number of nitrogens with one attached hydrogen (secondary N) is 1. The van der Waals surface area contributed by atoms with Crippen molar-refractivity contribution < 1.29 is 15.0 Å². The topological polar surface area (TPSA) is 85.7 Å². The van der Waals surface area contributed by atoms with Crippen LogP contribution in [0.25, 0.3) is 0 Å². The molecule has 1 aliphatic heterocycles. The Morgan fingerprint density at radius 3 is 2.59 bits per heavy atom. The normalized spacial score (nSPS) is 22.1. The largest absolute Gasteiger partial charge is 0.395 e. The summed E-state index contributed by atoms with van der Waals surface area (Å²) in [7, 11) is 0.